The Labute approximate surface area is 124 Å². The summed E-state index contributed by atoms with van der Waals surface area (Å²) >= 11 is 18.6. The summed E-state index contributed by atoms with van der Waals surface area (Å²) in [5.74, 6) is 0.683. The molecule has 1 unspecified atom stereocenters. The van der Waals surface area contributed by atoms with Gasteiger partial charge in [0.05, 0.1) is 0 Å². The fourth-order valence-corrected chi connectivity index (χ4v) is 3.37. The molecule has 18 heavy (non-hydrogen) atoms. The predicted octanol–water partition coefficient (Wildman–Crippen LogP) is 4.98. The van der Waals surface area contributed by atoms with Crippen LogP contribution in [-0.2, 0) is 6.54 Å². The lowest BCUT2D eigenvalue weighted by Gasteiger charge is -2.29. The van der Waals surface area contributed by atoms with Crippen LogP contribution in [0.3, 0.4) is 0 Å². The molecule has 0 bridgehead atoms. The molecule has 0 N–H and O–H groups in total. The van der Waals surface area contributed by atoms with Crippen LogP contribution < -0.4 is 0 Å². The van der Waals surface area contributed by atoms with Gasteiger partial charge in [0.15, 0.2) is 0 Å². The quantitative estimate of drug-likeness (QED) is 0.712. The van der Waals surface area contributed by atoms with Crippen molar-refractivity contribution in [2.24, 2.45) is 0 Å². The highest BCUT2D eigenvalue weighted by Gasteiger charge is 2.21. The summed E-state index contributed by atoms with van der Waals surface area (Å²) in [5, 5.41) is 1.50. The summed E-state index contributed by atoms with van der Waals surface area (Å²) in [6.07, 6.45) is 4.96. The monoisotopic (exact) mass is 305 g/mol. The van der Waals surface area contributed by atoms with Crippen molar-refractivity contribution in [1.82, 2.24) is 4.90 Å². The molecule has 1 saturated heterocycles. The smallest absolute Gasteiger partial charge is 0.0465 e. The minimum atomic E-state index is 0.446. The van der Waals surface area contributed by atoms with Crippen molar-refractivity contribution in [3.05, 3.63) is 33.8 Å². The Morgan fingerprint density at radius 1 is 1.11 bits per heavy atom. The first kappa shape index (κ1) is 14.5. The van der Waals surface area contributed by atoms with Crippen LogP contribution in [0.15, 0.2) is 18.2 Å². The first-order valence-electron chi connectivity index (χ1n) is 6.45. The minimum Gasteiger partial charge on any atom is -0.295 e. The third kappa shape index (κ3) is 3.54. The number of benzene rings is 1. The number of nitrogens with zero attached hydrogens (tertiary/aromatic N) is 1. The van der Waals surface area contributed by atoms with E-state index < -0.39 is 0 Å². The number of hydrogen-bond donors (Lipinski definition) is 0. The van der Waals surface area contributed by atoms with Crippen LogP contribution in [0, 0.1) is 0 Å². The van der Waals surface area contributed by atoms with E-state index in [9.17, 15) is 0 Å². The van der Waals surface area contributed by atoms with Gasteiger partial charge in [-0.25, -0.2) is 0 Å². The fourth-order valence-electron chi connectivity index (χ4n) is 2.51. The Morgan fingerprint density at radius 3 is 2.50 bits per heavy atom. The molecule has 0 amide bonds. The van der Waals surface area contributed by atoms with Crippen LogP contribution in [-0.4, -0.2) is 23.4 Å². The van der Waals surface area contributed by atoms with E-state index in [2.05, 4.69) is 4.90 Å². The van der Waals surface area contributed by atoms with Crippen molar-refractivity contribution in [2.75, 3.05) is 12.4 Å². The highest BCUT2D eigenvalue weighted by atomic mass is 35.5. The van der Waals surface area contributed by atoms with Gasteiger partial charge in [-0.2, -0.15) is 0 Å². The maximum absolute atomic E-state index is 6.24. The van der Waals surface area contributed by atoms with Gasteiger partial charge in [0.2, 0.25) is 0 Å². The van der Waals surface area contributed by atoms with Gasteiger partial charge in [0.25, 0.3) is 0 Å². The second-order valence-corrected chi connectivity index (χ2v) is 5.95. The van der Waals surface area contributed by atoms with E-state index in [4.69, 9.17) is 34.8 Å². The fraction of sp³-hybridized carbons (Fsp3) is 0.571. The zero-order valence-corrected chi connectivity index (χ0v) is 12.6. The van der Waals surface area contributed by atoms with Crippen LogP contribution in [0.25, 0.3) is 0 Å². The van der Waals surface area contributed by atoms with Crippen molar-refractivity contribution in [1.29, 1.82) is 0 Å². The molecule has 1 atom stereocenters. The number of rotatable bonds is 3. The summed E-state index contributed by atoms with van der Waals surface area (Å²) in [5.41, 5.74) is 1.03. The Hall–Kier alpha value is 0.0500. The van der Waals surface area contributed by atoms with Crippen LogP contribution in [0.1, 0.15) is 31.2 Å². The number of halogens is 3. The summed E-state index contributed by atoms with van der Waals surface area (Å²) in [4.78, 5) is 2.42. The first-order chi connectivity index (χ1) is 8.72. The van der Waals surface area contributed by atoms with Crippen molar-refractivity contribution >= 4 is 34.8 Å². The summed E-state index contributed by atoms with van der Waals surface area (Å²) in [7, 11) is 0. The van der Waals surface area contributed by atoms with Gasteiger partial charge >= 0.3 is 0 Å². The molecule has 0 aliphatic carbocycles. The van der Waals surface area contributed by atoms with E-state index in [1.54, 1.807) is 0 Å². The van der Waals surface area contributed by atoms with Gasteiger partial charge in [0, 0.05) is 34.1 Å². The molecular formula is C14H18Cl3N. The molecule has 1 aliphatic heterocycles. The first-order valence-corrected chi connectivity index (χ1v) is 7.74. The minimum absolute atomic E-state index is 0.446. The van der Waals surface area contributed by atoms with Crippen molar-refractivity contribution < 1.29 is 0 Å². The molecule has 0 saturated carbocycles. The second-order valence-electron chi connectivity index (χ2n) is 4.83. The predicted molar refractivity (Wildman–Crippen MR) is 79.8 cm³/mol. The lowest BCUT2D eigenvalue weighted by molar-refractivity contribution is 0.207. The van der Waals surface area contributed by atoms with E-state index in [0.717, 1.165) is 28.7 Å². The van der Waals surface area contributed by atoms with Crippen molar-refractivity contribution in [3.63, 3.8) is 0 Å². The van der Waals surface area contributed by atoms with E-state index in [-0.39, 0.29) is 0 Å². The molecule has 1 aromatic rings. The SMILES string of the molecule is ClCC1CCCCCN1Cc1c(Cl)cccc1Cl. The van der Waals surface area contributed by atoms with Crippen LogP contribution in [0.2, 0.25) is 10.0 Å². The van der Waals surface area contributed by atoms with Crippen molar-refractivity contribution in [2.45, 2.75) is 38.3 Å². The summed E-state index contributed by atoms with van der Waals surface area (Å²) < 4.78 is 0. The van der Waals surface area contributed by atoms with Gasteiger partial charge in [-0.3, -0.25) is 4.90 Å². The van der Waals surface area contributed by atoms with E-state index in [1.807, 2.05) is 18.2 Å². The largest absolute Gasteiger partial charge is 0.295 e. The van der Waals surface area contributed by atoms with Crippen LogP contribution in [0.4, 0.5) is 0 Å². The third-order valence-corrected chi connectivity index (χ3v) is 4.66. The van der Waals surface area contributed by atoms with Gasteiger partial charge in [-0.05, 0) is 31.5 Å². The number of likely N-dealkylation sites (tertiary alicyclic amines) is 1. The topological polar surface area (TPSA) is 3.24 Å². The van der Waals surface area contributed by atoms with Gasteiger partial charge in [-0.1, -0.05) is 42.1 Å². The molecule has 1 heterocycles. The average Bonchev–Trinajstić information content (AvgIpc) is 2.59. The maximum atomic E-state index is 6.24. The third-order valence-electron chi connectivity index (χ3n) is 3.60. The zero-order chi connectivity index (χ0) is 13.0. The van der Waals surface area contributed by atoms with Gasteiger partial charge in [-0.15, -0.1) is 11.6 Å². The van der Waals surface area contributed by atoms with E-state index in [1.165, 1.54) is 25.7 Å². The molecule has 1 nitrogen and oxygen atoms in total. The Morgan fingerprint density at radius 2 is 1.83 bits per heavy atom. The molecule has 0 radical (unpaired) electrons. The normalized spacial score (nSPS) is 21.8. The second kappa shape index (κ2) is 7.00. The number of hydrogen-bond acceptors (Lipinski definition) is 1. The van der Waals surface area contributed by atoms with E-state index >= 15 is 0 Å². The zero-order valence-electron chi connectivity index (χ0n) is 10.3. The highest BCUT2D eigenvalue weighted by Crippen LogP contribution is 2.28. The molecule has 1 aliphatic rings. The molecule has 4 heteroatoms. The molecule has 100 valence electrons. The Kier molecular flexibility index (Phi) is 5.62. The molecular weight excluding hydrogens is 289 g/mol. The maximum Gasteiger partial charge on any atom is 0.0465 e. The summed E-state index contributed by atoms with van der Waals surface area (Å²) in [6, 6.07) is 6.13. The Bertz CT molecular complexity index is 374. The standard InChI is InChI=1S/C14H18Cl3N/c15-9-11-5-2-1-3-8-18(11)10-12-13(16)6-4-7-14(12)17/h4,6-7,11H,1-3,5,8-10H2. The lowest BCUT2D eigenvalue weighted by atomic mass is 10.1. The highest BCUT2D eigenvalue weighted by molar-refractivity contribution is 6.35. The van der Waals surface area contributed by atoms with Gasteiger partial charge < -0.3 is 0 Å². The molecule has 1 fully saturated rings. The lowest BCUT2D eigenvalue weighted by Crippen LogP contribution is -2.35. The van der Waals surface area contributed by atoms with Crippen molar-refractivity contribution in [3.8, 4) is 0 Å². The summed E-state index contributed by atoms with van der Waals surface area (Å²) in [6.45, 7) is 1.88. The average molecular weight is 307 g/mol. The van der Waals surface area contributed by atoms with Crippen LogP contribution in [0.5, 0.6) is 0 Å². The van der Waals surface area contributed by atoms with Crippen LogP contribution >= 0.6 is 34.8 Å². The molecule has 0 spiro atoms. The molecule has 0 aromatic heterocycles. The number of alkyl halides is 1. The Balaban J connectivity index is 2.15. The van der Waals surface area contributed by atoms with Gasteiger partial charge in [0.1, 0.15) is 0 Å². The van der Waals surface area contributed by atoms with E-state index in [0.29, 0.717) is 11.9 Å². The molecule has 1 aromatic carbocycles. The molecule has 2 rings (SSSR count).